The van der Waals surface area contributed by atoms with Crippen molar-refractivity contribution in [3.63, 3.8) is 0 Å². The van der Waals surface area contributed by atoms with Gasteiger partial charge in [0.05, 0.1) is 23.1 Å². The maximum Gasteiger partial charge on any atom is 0.303 e. The smallest absolute Gasteiger partial charge is 0.303 e. The van der Waals surface area contributed by atoms with Crippen molar-refractivity contribution in [1.29, 1.82) is 0 Å². The molecule has 1 N–H and O–H groups in total. The zero-order chi connectivity index (χ0) is 13.7. The van der Waals surface area contributed by atoms with E-state index in [-0.39, 0.29) is 34.2 Å². The van der Waals surface area contributed by atoms with Crippen LogP contribution in [-0.2, 0) is 4.79 Å². The fourth-order valence-corrected chi connectivity index (χ4v) is 1.96. The number of ketones is 1. The maximum absolute atomic E-state index is 11.7. The fourth-order valence-electron chi connectivity index (χ4n) is 1.37. The van der Waals surface area contributed by atoms with Gasteiger partial charge in [0.1, 0.15) is 0 Å². The van der Waals surface area contributed by atoms with Gasteiger partial charge in [-0.1, -0.05) is 23.2 Å². The third kappa shape index (κ3) is 3.89. The van der Waals surface area contributed by atoms with Gasteiger partial charge in [0.25, 0.3) is 0 Å². The van der Waals surface area contributed by atoms with E-state index in [1.807, 2.05) is 0 Å². The van der Waals surface area contributed by atoms with Crippen LogP contribution in [0.5, 0.6) is 5.75 Å². The number of hydrogen-bond acceptors (Lipinski definition) is 3. The highest BCUT2D eigenvalue weighted by molar-refractivity contribution is 6.37. The van der Waals surface area contributed by atoms with Crippen LogP contribution in [-0.4, -0.2) is 23.5 Å². The van der Waals surface area contributed by atoms with Crippen LogP contribution >= 0.6 is 23.2 Å². The lowest BCUT2D eigenvalue weighted by Crippen LogP contribution is -2.04. The van der Waals surface area contributed by atoms with Crippen molar-refractivity contribution in [2.45, 2.75) is 19.8 Å². The lowest BCUT2D eigenvalue weighted by Gasteiger charge is -2.09. The van der Waals surface area contributed by atoms with E-state index in [1.165, 1.54) is 12.1 Å². The van der Waals surface area contributed by atoms with Gasteiger partial charge in [-0.15, -0.1) is 0 Å². The summed E-state index contributed by atoms with van der Waals surface area (Å²) in [6, 6.07) is 2.87. The molecule has 0 saturated heterocycles. The molecular weight excluding hydrogens is 279 g/mol. The third-order valence-corrected chi connectivity index (χ3v) is 2.74. The van der Waals surface area contributed by atoms with Crippen molar-refractivity contribution in [3.05, 3.63) is 27.7 Å². The Morgan fingerprint density at radius 2 is 1.78 bits per heavy atom. The number of Topliss-reactive ketones (excluding diaryl/α,β-unsaturated/α-hetero) is 1. The Hall–Kier alpha value is -1.26. The molecule has 0 aromatic heterocycles. The molecule has 0 fully saturated rings. The fraction of sp³-hybridized carbons (Fsp3) is 0.333. The summed E-state index contributed by atoms with van der Waals surface area (Å²) in [7, 11) is 0. The second kappa shape index (κ2) is 6.61. The molecule has 0 bridgehead atoms. The van der Waals surface area contributed by atoms with Crippen LogP contribution in [0.1, 0.15) is 30.1 Å². The number of halogens is 2. The van der Waals surface area contributed by atoms with E-state index < -0.39 is 5.97 Å². The van der Waals surface area contributed by atoms with Crippen LogP contribution in [0, 0.1) is 0 Å². The average Bonchev–Trinajstić information content (AvgIpc) is 2.30. The van der Waals surface area contributed by atoms with Crippen molar-refractivity contribution in [2.75, 3.05) is 6.61 Å². The summed E-state index contributed by atoms with van der Waals surface area (Å²) in [6.07, 6.45) is -0.308. The SMILES string of the molecule is CCOc1c(Cl)cc(C(=O)CCC(=O)O)cc1Cl. The van der Waals surface area contributed by atoms with Crippen LogP contribution in [0.25, 0.3) is 0 Å². The number of carbonyl (C=O) groups excluding carboxylic acids is 1. The van der Waals surface area contributed by atoms with E-state index in [4.69, 9.17) is 33.0 Å². The van der Waals surface area contributed by atoms with E-state index in [0.717, 1.165) is 0 Å². The van der Waals surface area contributed by atoms with Crippen LogP contribution in [0.15, 0.2) is 12.1 Å². The van der Waals surface area contributed by atoms with Gasteiger partial charge in [-0.3, -0.25) is 9.59 Å². The van der Waals surface area contributed by atoms with Gasteiger partial charge in [-0.05, 0) is 19.1 Å². The minimum Gasteiger partial charge on any atom is -0.491 e. The maximum atomic E-state index is 11.7. The summed E-state index contributed by atoms with van der Waals surface area (Å²) in [4.78, 5) is 22.1. The minimum atomic E-state index is -1.02. The monoisotopic (exact) mass is 290 g/mol. The molecule has 1 aromatic rings. The lowest BCUT2D eigenvalue weighted by atomic mass is 10.1. The van der Waals surface area contributed by atoms with E-state index in [9.17, 15) is 9.59 Å². The Bertz CT molecular complexity index is 448. The highest BCUT2D eigenvalue weighted by atomic mass is 35.5. The van der Waals surface area contributed by atoms with Crippen LogP contribution < -0.4 is 4.74 Å². The predicted molar refractivity (Wildman–Crippen MR) is 68.8 cm³/mol. The summed E-state index contributed by atoms with van der Waals surface area (Å²) in [5, 5.41) is 8.99. The molecule has 0 saturated carbocycles. The Morgan fingerprint density at radius 1 is 1.22 bits per heavy atom. The van der Waals surface area contributed by atoms with Crippen LogP contribution in [0.2, 0.25) is 10.0 Å². The van der Waals surface area contributed by atoms with Gasteiger partial charge in [0, 0.05) is 12.0 Å². The van der Waals surface area contributed by atoms with Gasteiger partial charge in [-0.2, -0.15) is 0 Å². The summed E-state index contributed by atoms with van der Waals surface area (Å²) in [5.74, 6) is -1.01. The molecule has 0 spiro atoms. The molecule has 1 rings (SSSR count). The summed E-state index contributed by atoms with van der Waals surface area (Å²) in [6.45, 7) is 2.20. The van der Waals surface area contributed by atoms with Crippen molar-refractivity contribution >= 4 is 35.0 Å². The normalized spacial score (nSPS) is 10.2. The van der Waals surface area contributed by atoms with Crippen LogP contribution in [0.3, 0.4) is 0 Å². The molecule has 0 aliphatic heterocycles. The van der Waals surface area contributed by atoms with E-state index in [0.29, 0.717) is 12.4 Å². The first-order valence-corrected chi connectivity index (χ1v) is 6.08. The molecule has 0 aliphatic carbocycles. The largest absolute Gasteiger partial charge is 0.491 e. The number of benzene rings is 1. The highest BCUT2D eigenvalue weighted by Gasteiger charge is 2.14. The van der Waals surface area contributed by atoms with Gasteiger partial charge in [0.2, 0.25) is 0 Å². The number of aliphatic carboxylic acids is 1. The predicted octanol–water partition coefficient (Wildman–Crippen LogP) is 3.44. The topological polar surface area (TPSA) is 63.6 Å². The molecule has 1 aromatic carbocycles. The number of ether oxygens (including phenoxy) is 1. The highest BCUT2D eigenvalue weighted by Crippen LogP contribution is 2.34. The molecule has 18 heavy (non-hydrogen) atoms. The summed E-state index contributed by atoms with van der Waals surface area (Å²) in [5.41, 5.74) is 0.287. The molecular formula is C12H12Cl2O4. The Balaban J connectivity index is 2.91. The van der Waals surface area contributed by atoms with E-state index >= 15 is 0 Å². The third-order valence-electron chi connectivity index (χ3n) is 2.17. The molecule has 0 radical (unpaired) electrons. The summed E-state index contributed by atoms with van der Waals surface area (Å²) < 4.78 is 5.23. The molecule has 4 nitrogen and oxygen atoms in total. The first-order valence-electron chi connectivity index (χ1n) is 5.32. The Morgan fingerprint density at radius 3 is 2.22 bits per heavy atom. The minimum absolute atomic E-state index is 0.0873. The number of carbonyl (C=O) groups is 2. The quantitative estimate of drug-likeness (QED) is 0.815. The van der Waals surface area contributed by atoms with Crippen molar-refractivity contribution in [3.8, 4) is 5.75 Å². The van der Waals surface area contributed by atoms with Gasteiger partial charge in [0.15, 0.2) is 11.5 Å². The molecule has 0 atom stereocenters. The van der Waals surface area contributed by atoms with Gasteiger partial charge < -0.3 is 9.84 Å². The molecule has 0 heterocycles. The second-order valence-corrected chi connectivity index (χ2v) is 4.33. The Kier molecular flexibility index (Phi) is 5.44. The Labute approximate surface area is 114 Å². The first-order chi connectivity index (χ1) is 8.45. The molecule has 0 aliphatic rings. The molecule has 0 amide bonds. The van der Waals surface area contributed by atoms with Crippen molar-refractivity contribution in [1.82, 2.24) is 0 Å². The zero-order valence-corrected chi connectivity index (χ0v) is 11.2. The molecule has 98 valence electrons. The van der Waals surface area contributed by atoms with E-state index in [1.54, 1.807) is 6.92 Å². The standard InChI is InChI=1S/C12H12Cl2O4/c1-2-18-12-8(13)5-7(6-9(12)14)10(15)3-4-11(16)17/h5-6H,2-4H2,1H3,(H,16,17). The molecule has 0 unspecified atom stereocenters. The number of carboxylic acid groups (broad SMARTS) is 1. The average molecular weight is 291 g/mol. The number of carboxylic acids is 1. The lowest BCUT2D eigenvalue weighted by molar-refractivity contribution is -0.136. The van der Waals surface area contributed by atoms with E-state index in [2.05, 4.69) is 0 Å². The number of rotatable bonds is 6. The van der Waals surface area contributed by atoms with Gasteiger partial charge >= 0.3 is 5.97 Å². The molecule has 6 heteroatoms. The van der Waals surface area contributed by atoms with Gasteiger partial charge in [-0.25, -0.2) is 0 Å². The zero-order valence-electron chi connectivity index (χ0n) is 9.70. The van der Waals surface area contributed by atoms with Crippen molar-refractivity contribution in [2.24, 2.45) is 0 Å². The van der Waals surface area contributed by atoms with Crippen LogP contribution in [0.4, 0.5) is 0 Å². The summed E-state index contributed by atoms with van der Waals surface area (Å²) >= 11 is 11.9. The second-order valence-electron chi connectivity index (χ2n) is 3.52. The van der Waals surface area contributed by atoms with Crippen molar-refractivity contribution < 1.29 is 19.4 Å². The first kappa shape index (κ1) is 14.8. The number of hydrogen-bond donors (Lipinski definition) is 1.